The van der Waals surface area contributed by atoms with Crippen LogP contribution in [0.1, 0.15) is 52.9 Å². The molecule has 0 aliphatic heterocycles. The van der Waals surface area contributed by atoms with Crippen LogP contribution in [0.4, 0.5) is 0 Å². The second-order valence-corrected chi connectivity index (χ2v) is 10.2. The Balaban J connectivity index is 1.59. The maximum Gasteiger partial charge on any atom is 0.293 e. The van der Waals surface area contributed by atoms with Gasteiger partial charge in [-0.1, -0.05) is 13.8 Å². The fourth-order valence-corrected chi connectivity index (χ4v) is 8.24. The van der Waals surface area contributed by atoms with Crippen LogP contribution in [0.3, 0.4) is 0 Å². The van der Waals surface area contributed by atoms with Gasteiger partial charge in [0.05, 0.1) is 10.8 Å². The summed E-state index contributed by atoms with van der Waals surface area (Å²) in [5.74, 6) is 0.802. The fraction of sp³-hybridized carbons (Fsp3) is 0.810. The molecule has 5 nitrogen and oxygen atoms in total. The van der Waals surface area contributed by atoms with E-state index in [4.69, 9.17) is 4.74 Å². The molecule has 0 heterocycles. The number of hydrogen-bond donors (Lipinski definition) is 0. The number of Topliss-reactive ketones (excluding diaryl/α,β-unsaturated/α-hetero) is 3. The predicted octanol–water partition coefficient (Wildman–Crippen LogP) is 2.36. The van der Waals surface area contributed by atoms with Crippen molar-refractivity contribution in [1.82, 2.24) is 0 Å². The zero-order valence-electron chi connectivity index (χ0n) is 15.7. The van der Waals surface area contributed by atoms with Crippen LogP contribution in [0.2, 0.25) is 0 Å². The number of carbonyl (C=O) groups is 4. The van der Waals surface area contributed by atoms with Gasteiger partial charge in [-0.15, -0.1) is 0 Å². The third kappa shape index (κ3) is 1.42. The minimum Gasteiger partial charge on any atom is -0.467 e. The molecule has 6 aliphatic rings. The van der Waals surface area contributed by atoms with E-state index < -0.39 is 16.2 Å². The summed E-state index contributed by atoms with van der Waals surface area (Å²) in [5.41, 5.74) is -2.14. The van der Waals surface area contributed by atoms with Crippen LogP contribution in [0.25, 0.3) is 0 Å². The first kappa shape index (κ1) is 16.6. The lowest BCUT2D eigenvalue weighted by Crippen LogP contribution is -2.65. The van der Waals surface area contributed by atoms with Gasteiger partial charge >= 0.3 is 0 Å². The molecular weight excluding hydrogens is 332 g/mol. The van der Waals surface area contributed by atoms with Crippen LogP contribution in [0.15, 0.2) is 0 Å². The van der Waals surface area contributed by atoms with E-state index in [9.17, 15) is 19.2 Å². The lowest BCUT2D eigenvalue weighted by atomic mass is 9.39. The molecule has 1 spiro atoms. The molecule has 6 rings (SSSR count). The third-order valence-electron chi connectivity index (χ3n) is 9.58. The number of carbonyl (C=O) groups excluding carboxylic acids is 4. The molecule has 4 bridgehead atoms. The van der Waals surface area contributed by atoms with Gasteiger partial charge in [-0.05, 0) is 55.8 Å². The molecule has 26 heavy (non-hydrogen) atoms. The number of ether oxygens (including phenoxy) is 1. The minimum absolute atomic E-state index is 0.0363. The van der Waals surface area contributed by atoms with Crippen molar-refractivity contribution in [2.45, 2.75) is 52.9 Å². The lowest BCUT2D eigenvalue weighted by Gasteiger charge is -2.63. The SMILES string of the molecule is C[C@]12CCC(=O)[C@@](C)(COC=O)[C@@H]1CC[C@]13C(=O)[C@@H]4[C@@H](C[C@@H]12)[C@@]4(C)C3=O. The maximum absolute atomic E-state index is 13.4. The average Bonchev–Trinajstić information content (AvgIpc) is 3.20. The summed E-state index contributed by atoms with van der Waals surface area (Å²) < 4.78 is 5.06. The summed E-state index contributed by atoms with van der Waals surface area (Å²) >= 11 is 0. The molecule has 5 heteroatoms. The lowest BCUT2D eigenvalue weighted by molar-refractivity contribution is -0.187. The highest BCUT2D eigenvalue weighted by Crippen LogP contribution is 2.82. The van der Waals surface area contributed by atoms with E-state index >= 15 is 0 Å². The Labute approximate surface area is 153 Å². The number of fused-ring (bicyclic) bond motifs is 1. The Morgan fingerprint density at radius 3 is 2.46 bits per heavy atom. The molecule has 0 radical (unpaired) electrons. The first-order chi connectivity index (χ1) is 12.2. The van der Waals surface area contributed by atoms with Crippen molar-refractivity contribution in [3.63, 3.8) is 0 Å². The second-order valence-electron chi connectivity index (χ2n) is 10.2. The molecule has 0 saturated heterocycles. The standard InChI is InChI=1S/C21H26O5/c1-18-6-5-14(23)19(2,9-26-10-22)12(18)4-7-21-13(18)8-11-15(16(21)24)20(11,3)17(21)25/h10-13,15H,4-9H2,1-3H3/t11-,12-,13-,15+,18+,19+,20-,21-/m1/s1. The summed E-state index contributed by atoms with van der Waals surface area (Å²) in [4.78, 5) is 50.1. The molecule has 6 fully saturated rings. The van der Waals surface area contributed by atoms with E-state index in [1.54, 1.807) is 0 Å². The molecule has 0 unspecified atom stereocenters. The van der Waals surface area contributed by atoms with E-state index in [-0.39, 0.29) is 53.0 Å². The van der Waals surface area contributed by atoms with Crippen LogP contribution < -0.4 is 0 Å². The smallest absolute Gasteiger partial charge is 0.293 e. The quantitative estimate of drug-likeness (QED) is 0.572. The largest absolute Gasteiger partial charge is 0.467 e. The first-order valence-corrected chi connectivity index (χ1v) is 9.87. The van der Waals surface area contributed by atoms with E-state index in [2.05, 4.69) is 6.92 Å². The zero-order valence-corrected chi connectivity index (χ0v) is 15.7. The molecule has 0 aromatic carbocycles. The number of rotatable bonds is 3. The van der Waals surface area contributed by atoms with Crippen LogP contribution >= 0.6 is 0 Å². The number of ketones is 3. The Bertz CT molecular complexity index is 772. The van der Waals surface area contributed by atoms with E-state index in [0.717, 1.165) is 12.8 Å². The monoisotopic (exact) mass is 358 g/mol. The molecule has 0 aromatic heterocycles. The first-order valence-electron chi connectivity index (χ1n) is 9.87. The van der Waals surface area contributed by atoms with Gasteiger partial charge in [0, 0.05) is 17.8 Å². The molecule has 8 atom stereocenters. The Kier molecular flexibility index (Phi) is 2.87. The van der Waals surface area contributed by atoms with Crippen LogP contribution in [0.5, 0.6) is 0 Å². The van der Waals surface area contributed by atoms with E-state index in [1.165, 1.54) is 0 Å². The predicted molar refractivity (Wildman–Crippen MR) is 90.8 cm³/mol. The molecule has 0 N–H and O–H groups in total. The molecule has 140 valence electrons. The van der Waals surface area contributed by atoms with Crippen LogP contribution in [0, 0.1) is 45.3 Å². The van der Waals surface area contributed by atoms with Crippen LogP contribution in [-0.2, 0) is 23.9 Å². The molecule has 0 amide bonds. The van der Waals surface area contributed by atoms with Gasteiger partial charge < -0.3 is 4.74 Å². The van der Waals surface area contributed by atoms with Gasteiger partial charge in [-0.3, -0.25) is 19.2 Å². The van der Waals surface area contributed by atoms with Crippen molar-refractivity contribution in [3.8, 4) is 0 Å². The summed E-state index contributed by atoms with van der Waals surface area (Å²) in [7, 11) is 0. The molecular formula is C21H26O5. The molecule has 6 saturated carbocycles. The summed E-state index contributed by atoms with van der Waals surface area (Å²) in [6, 6.07) is 0. The minimum atomic E-state index is -0.799. The topological polar surface area (TPSA) is 77.5 Å². The molecule has 6 aliphatic carbocycles. The second kappa shape index (κ2) is 4.48. The number of hydrogen-bond acceptors (Lipinski definition) is 5. The van der Waals surface area contributed by atoms with Gasteiger partial charge in [0.25, 0.3) is 6.47 Å². The third-order valence-corrected chi connectivity index (χ3v) is 9.58. The van der Waals surface area contributed by atoms with Crippen molar-refractivity contribution < 1.29 is 23.9 Å². The van der Waals surface area contributed by atoms with E-state index in [1.807, 2.05) is 13.8 Å². The normalized spacial score (nSPS) is 56.7. The van der Waals surface area contributed by atoms with Gasteiger partial charge in [-0.2, -0.15) is 0 Å². The average molecular weight is 358 g/mol. The maximum atomic E-state index is 13.4. The molecule has 0 aromatic rings. The van der Waals surface area contributed by atoms with Crippen molar-refractivity contribution in [2.24, 2.45) is 45.3 Å². The Morgan fingerprint density at radius 1 is 1.12 bits per heavy atom. The fourth-order valence-electron chi connectivity index (χ4n) is 8.24. The van der Waals surface area contributed by atoms with Crippen molar-refractivity contribution in [2.75, 3.05) is 6.61 Å². The van der Waals surface area contributed by atoms with Gasteiger partial charge in [0.15, 0.2) is 11.6 Å². The van der Waals surface area contributed by atoms with Crippen LogP contribution in [-0.4, -0.2) is 30.4 Å². The van der Waals surface area contributed by atoms with Gasteiger partial charge in [-0.25, -0.2) is 0 Å². The summed E-state index contributed by atoms with van der Waals surface area (Å²) in [6.45, 7) is 6.61. The van der Waals surface area contributed by atoms with E-state index in [0.29, 0.717) is 25.7 Å². The van der Waals surface area contributed by atoms with Gasteiger partial charge in [0.1, 0.15) is 12.4 Å². The van der Waals surface area contributed by atoms with Crippen molar-refractivity contribution >= 4 is 23.8 Å². The Morgan fingerprint density at radius 2 is 1.85 bits per heavy atom. The summed E-state index contributed by atoms with van der Waals surface area (Å²) in [6.07, 6.45) is 3.35. The van der Waals surface area contributed by atoms with Gasteiger partial charge in [0.2, 0.25) is 0 Å². The zero-order chi connectivity index (χ0) is 18.7. The summed E-state index contributed by atoms with van der Waals surface area (Å²) in [5, 5.41) is 0. The Hall–Kier alpha value is -1.52. The highest BCUT2D eigenvalue weighted by Gasteiger charge is 2.87. The highest BCUT2D eigenvalue weighted by molar-refractivity contribution is 6.22. The highest BCUT2D eigenvalue weighted by atomic mass is 16.5. The van der Waals surface area contributed by atoms with Crippen molar-refractivity contribution in [3.05, 3.63) is 0 Å². The van der Waals surface area contributed by atoms with Crippen molar-refractivity contribution in [1.29, 1.82) is 0 Å².